The van der Waals surface area contributed by atoms with Gasteiger partial charge in [0.05, 0.1) is 31.1 Å². The van der Waals surface area contributed by atoms with Gasteiger partial charge >= 0.3 is 0 Å². The second-order valence-corrected chi connectivity index (χ2v) is 6.39. The van der Waals surface area contributed by atoms with Crippen LogP contribution < -0.4 is 25.1 Å². The number of aryl methyl sites for hydroxylation is 1. The van der Waals surface area contributed by atoms with Gasteiger partial charge in [0.15, 0.2) is 11.5 Å². The molecule has 0 spiro atoms. The van der Waals surface area contributed by atoms with E-state index in [4.69, 9.17) is 14.2 Å². The van der Waals surface area contributed by atoms with Gasteiger partial charge in [-0.15, -0.1) is 11.3 Å². The Bertz CT molecular complexity index is 869. The van der Waals surface area contributed by atoms with Crippen molar-refractivity contribution in [3.63, 3.8) is 0 Å². The Morgan fingerprint density at radius 3 is 2.00 bits per heavy atom. The van der Waals surface area contributed by atoms with Crippen LogP contribution in [0, 0.1) is 17.0 Å². The van der Waals surface area contributed by atoms with Crippen LogP contribution in [-0.2, 0) is 0 Å². The van der Waals surface area contributed by atoms with Gasteiger partial charge in [0.1, 0.15) is 4.88 Å². The minimum Gasteiger partial charge on any atom is -0.493 e. The van der Waals surface area contributed by atoms with Crippen LogP contribution in [0.2, 0.25) is 0 Å². The van der Waals surface area contributed by atoms with Crippen LogP contribution in [0.3, 0.4) is 0 Å². The second-order valence-electron chi connectivity index (χ2n) is 5.13. The molecular weight excluding hydrogens is 378 g/mol. The third-order valence-corrected chi connectivity index (χ3v) is 4.57. The van der Waals surface area contributed by atoms with E-state index in [2.05, 4.69) is 10.9 Å². The van der Waals surface area contributed by atoms with E-state index in [9.17, 15) is 19.7 Å². The summed E-state index contributed by atoms with van der Waals surface area (Å²) in [5.41, 5.74) is 4.46. The van der Waals surface area contributed by atoms with Crippen molar-refractivity contribution in [1.82, 2.24) is 10.9 Å². The molecule has 1 heterocycles. The molecule has 0 aliphatic carbocycles. The molecule has 1 aromatic heterocycles. The molecule has 0 saturated carbocycles. The van der Waals surface area contributed by atoms with Gasteiger partial charge in [0.2, 0.25) is 5.75 Å². The third-order valence-electron chi connectivity index (χ3n) is 3.53. The normalized spacial score (nSPS) is 10.1. The van der Waals surface area contributed by atoms with E-state index in [0.717, 1.165) is 17.4 Å². The summed E-state index contributed by atoms with van der Waals surface area (Å²) in [6.45, 7) is 1.54. The number of rotatable bonds is 6. The Morgan fingerprint density at radius 2 is 1.56 bits per heavy atom. The van der Waals surface area contributed by atoms with Crippen molar-refractivity contribution >= 4 is 28.8 Å². The van der Waals surface area contributed by atoms with Gasteiger partial charge in [-0.2, -0.15) is 0 Å². The first-order valence-electron chi connectivity index (χ1n) is 7.47. The lowest BCUT2D eigenvalue weighted by Crippen LogP contribution is -2.41. The maximum Gasteiger partial charge on any atom is 0.283 e. The minimum absolute atomic E-state index is 0.101. The first-order valence-corrected chi connectivity index (χ1v) is 8.29. The Labute approximate surface area is 158 Å². The predicted molar refractivity (Wildman–Crippen MR) is 96.7 cm³/mol. The molecule has 2 rings (SSSR count). The summed E-state index contributed by atoms with van der Waals surface area (Å²) >= 11 is 0.954. The van der Waals surface area contributed by atoms with Crippen molar-refractivity contribution in [2.75, 3.05) is 21.3 Å². The number of hydrazine groups is 1. The number of carbonyl (C=O) groups is 2. The molecule has 11 heteroatoms. The van der Waals surface area contributed by atoms with E-state index in [0.29, 0.717) is 10.6 Å². The van der Waals surface area contributed by atoms with Crippen molar-refractivity contribution in [3.8, 4) is 17.2 Å². The van der Waals surface area contributed by atoms with E-state index < -0.39 is 16.7 Å². The van der Waals surface area contributed by atoms with Crippen LogP contribution in [0.25, 0.3) is 0 Å². The standard InChI is InChI=1S/C16H17N3O7S/c1-8-10(19(22)23)7-13(27-8)16(21)18-17-15(20)9-5-11(24-2)14(26-4)12(6-9)25-3/h5-7H,1-4H3,(H,17,20)(H,18,21). The molecule has 0 atom stereocenters. The summed E-state index contributed by atoms with van der Waals surface area (Å²) in [6, 6.07) is 3.99. The van der Waals surface area contributed by atoms with Crippen molar-refractivity contribution in [2.24, 2.45) is 0 Å². The van der Waals surface area contributed by atoms with Crippen LogP contribution in [0.15, 0.2) is 18.2 Å². The van der Waals surface area contributed by atoms with Crippen LogP contribution >= 0.6 is 11.3 Å². The molecule has 0 aliphatic heterocycles. The molecule has 0 fully saturated rings. The van der Waals surface area contributed by atoms with Crippen molar-refractivity contribution in [1.29, 1.82) is 0 Å². The quantitative estimate of drug-likeness (QED) is 0.566. The molecule has 0 radical (unpaired) electrons. The lowest BCUT2D eigenvalue weighted by Gasteiger charge is -2.14. The fraction of sp³-hybridized carbons (Fsp3) is 0.250. The number of hydrogen-bond acceptors (Lipinski definition) is 8. The predicted octanol–water partition coefficient (Wildman–Crippen LogP) is 2.07. The first kappa shape index (κ1) is 20.0. The summed E-state index contributed by atoms with van der Waals surface area (Å²) in [7, 11) is 4.25. The topological polar surface area (TPSA) is 129 Å². The van der Waals surface area contributed by atoms with Gasteiger partial charge in [-0.05, 0) is 19.1 Å². The second kappa shape index (κ2) is 8.36. The number of nitrogens with one attached hydrogen (secondary N) is 2. The Kier molecular flexibility index (Phi) is 6.19. The summed E-state index contributed by atoms with van der Waals surface area (Å²) < 4.78 is 15.5. The number of hydrogen-bond donors (Lipinski definition) is 2. The number of benzene rings is 1. The number of ether oxygens (including phenoxy) is 3. The molecule has 0 bridgehead atoms. The molecular formula is C16H17N3O7S. The average molecular weight is 395 g/mol. The number of methoxy groups -OCH3 is 3. The SMILES string of the molecule is COc1cc(C(=O)NNC(=O)c2cc([N+](=O)[O-])c(C)s2)cc(OC)c1OC. The molecule has 2 N–H and O–H groups in total. The van der Waals surface area contributed by atoms with E-state index in [1.54, 1.807) is 0 Å². The molecule has 144 valence electrons. The van der Waals surface area contributed by atoms with E-state index >= 15 is 0 Å². The number of carbonyl (C=O) groups excluding carboxylic acids is 2. The van der Waals surface area contributed by atoms with Gasteiger partial charge in [-0.25, -0.2) is 0 Å². The van der Waals surface area contributed by atoms with E-state index in [1.807, 2.05) is 0 Å². The van der Waals surface area contributed by atoms with E-state index in [-0.39, 0.29) is 27.6 Å². The fourth-order valence-corrected chi connectivity index (χ4v) is 3.11. The molecule has 27 heavy (non-hydrogen) atoms. The van der Waals surface area contributed by atoms with Crippen LogP contribution in [0.5, 0.6) is 17.2 Å². The average Bonchev–Trinajstić information content (AvgIpc) is 3.06. The lowest BCUT2D eigenvalue weighted by molar-refractivity contribution is -0.385. The summed E-state index contributed by atoms with van der Waals surface area (Å²) in [6.07, 6.45) is 0. The van der Waals surface area contributed by atoms with Crippen molar-refractivity contribution in [2.45, 2.75) is 6.92 Å². The summed E-state index contributed by atoms with van der Waals surface area (Å²) in [5, 5.41) is 10.9. The van der Waals surface area contributed by atoms with Gasteiger partial charge in [-0.1, -0.05) is 0 Å². The van der Waals surface area contributed by atoms with Crippen LogP contribution in [-0.4, -0.2) is 38.1 Å². The van der Waals surface area contributed by atoms with Crippen LogP contribution in [0.4, 0.5) is 5.69 Å². The van der Waals surface area contributed by atoms with Gasteiger partial charge in [-0.3, -0.25) is 30.6 Å². The highest BCUT2D eigenvalue weighted by molar-refractivity contribution is 7.14. The number of thiophene rings is 1. The molecule has 1 aromatic carbocycles. The van der Waals surface area contributed by atoms with Gasteiger partial charge in [0.25, 0.3) is 17.5 Å². The zero-order chi connectivity index (χ0) is 20.1. The fourth-order valence-electron chi connectivity index (χ4n) is 2.23. The molecule has 0 unspecified atom stereocenters. The highest BCUT2D eigenvalue weighted by Crippen LogP contribution is 2.38. The molecule has 10 nitrogen and oxygen atoms in total. The smallest absolute Gasteiger partial charge is 0.283 e. The molecule has 2 amide bonds. The van der Waals surface area contributed by atoms with Crippen molar-refractivity contribution in [3.05, 3.63) is 43.6 Å². The van der Waals surface area contributed by atoms with Crippen molar-refractivity contribution < 1.29 is 28.7 Å². The third kappa shape index (κ3) is 4.26. The largest absolute Gasteiger partial charge is 0.493 e. The highest BCUT2D eigenvalue weighted by Gasteiger charge is 2.21. The zero-order valence-corrected chi connectivity index (χ0v) is 15.8. The zero-order valence-electron chi connectivity index (χ0n) is 14.9. The maximum absolute atomic E-state index is 12.3. The first-order chi connectivity index (χ1) is 12.8. The molecule has 2 aromatic rings. The number of nitro groups is 1. The molecule has 0 saturated heterocycles. The Morgan fingerprint density at radius 1 is 1.00 bits per heavy atom. The Balaban J connectivity index is 2.14. The monoisotopic (exact) mass is 395 g/mol. The number of nitrogens with zero attached hydrogens (tertiary/aromatic N) is 1. The van der Waals surface area contributed by atoms with Gasteiger partial charge < -0.3 is 14.2 Å². The molecule has 0 aliphatic rings. The summed E-state index contributed by atoms with van der Waals surface area (Å²) in [5.74, 6) is -0.431. The lowest BCUT2D eigenvalue weighted by atomic mass is 10.1. The minimum atomic E-state index is -0.669. The highest BCUT2D eigenvalue weighted by atomic mass is 32.1. The number of amides is 2. The van der Waals surface area contributed by atoms with Gasteiger partial charge in [0, 0.05) is 11.6 Å². The van der Waals surface area contributed by atoms with E-state index in [1.165, 1.54) is 40.4 Å². The van der Waals surface area contributed by atoms with Crippen LogP contribution in [0.1, 0.15) is 24.9 Å². The Hall–Kier alpha value is -3.34. The summed E-state index contributed by atoms with van der Waals surface area (Å²) in [4.78, 5) is 35.2. The maximum atomic E-state index is 12.3.